The average Bonchev–Trinajstić information content (AvgIpc) is 2.39. The Balaban J connectivity index is 1.79. The molecule has 5 heteroatoms. The van der Waals surface area contributed by atoms with Gasteiger partial charge in [-0.2, -0.15) is 0 Å². The van der Waals surface area contributed by atoms with Crippen LogP contribution >= 0.6 is 31.9 Å². The Morgan fingerprint density at radius 1 is 1.11 bits per heavy atom. The first kappa shape index (κ1) is 14.3. The molecule has 0 radical (unpaired) electrons. The van der Waals surface area contributed by atoms with Gasteiger partial charge in [0.05, 0.1) is 4.47 Å². The van der Waals surface area contributed by atoms with Crippen molar-refractivity contribution in [3.05, 3.63) is 57.2 Å². The van der Waals surface area contributed by atoms with Crippen molar-refractivity contribution in [3.63, 3.8) is 0 Å². The van der Waals surface area contributed by atoms with Crippen molar-refractivity contribution in [2.75, 3.05) is 18.5 Å². The SMILES string of the molecule is Fc1ccc(NCCOc2cccc(Br)c2)cc1Br. The van der Waals surface area contributed by atoms with Gasteiger partial charge in [-0.15, -0.1) is 0 Å². The van der Waals surface area contributed by atoms with Gasteiger partial charge in [0.15, 0.2) is 0 Å². The second kappa shape index (κ2) is 6.91. The maximum absolute atomic E-state index is 13.0. The van der Waals surface area contributed by atoms with Gasteiger partial charge in [-0.1, -0.05) is 22.0 Å². The Kier molecular flexibility index (Phi) is 5.22. The van der Waals surface area contributed by atoms with Crippen molar-refractivity contribution < 1.29 is 9.13 Å². The summed E-state index contributed by atoms with van der Waals surface area (Å²) in [6.07, 6.45) is 0. The van der Waals surface area contributed by atoms with Crippen LogP contribution in [0, 0.1) is 5.82 Å². The van der Waals surface area contributed by atoms with Gasteiger partial charge < -0.3 is 10.1 Å². The van der Waals surface area contributed by atoms with E-state index < -0.39 is 0 Å². The number of halogens is 3. The standard InChI is InChI=1S/C14H12Br2FNO/c15-10-2-1-3-12(8-10)19-7-6-18-11-4-5-14(17)13(16)9-11/h1-5,8-9,18H,6-7H2. The van der Waals surface area contributed by atoms with Gasteiger partial charge in [-0.3, -0.25) is 0 Å². The molecule has 0 aromatic heterocycles. The van der Waals surface area contributed by atoms with Crippen LogP contribution in [0.5, 0.6) is 5.75 Å². The van der Waals surface area contributed by atoms with E-state index in [0.29, 0.717) is 17.6 Å². The Morgan fingerprint density at radius 3 is 2.68 bits per heavy atom. The molecular formula is C14H12Br2FNO. The van der Waals surface area contributed by atoms with Gasteiger partial charge >= 0.3 is 0 Å². The van der Waals surface area contributed by atoms with Crippen LogP contribution in [0.3, 0.4) is 0 Å². The highest BCUT2D eigenvalue weighted by Gasteiger charge is 2.00. The van der Waals surface area contributed by atoms with Gasteiger partial charge in [0.2, 0.25) is 0 Å². The fraction of sp³-hybridized carbons (Fsp3) is 0.143. The number of anilines is 1. The largest absolute Gasteiger partial charge is 0.492 e. The smallest absolute Gasteiger partial charge is 0.137 e. The molecule has 0 aliphatic rings. The number of benzene rings is 2. The molecule has 0 spiro atoms. The molecular weight excluding hydrogens is 377 g/mol. The summed E-state index contributed by atoms with van der Waals surface area (Å²) in [6.45, 7) is 1.18. The number of hydrogen-bond acceptors (Lipinski definition) is 2. The molecule has 0 saturated carbocycles. The molecule has 2 nitrogen and oxygen atoms in total. The first-order chi connectivity index (χ1) is 9.15. The first-order valence-corrected chi connectivity index (χ1v) is 7.31. The van der Waals surface area contributed by atoms with E-state index in [4.69, 9.17) is 4.74 Å². The van der Waals surface area contributed by atoms with E-state index >= 15 is 0 Å². The van der Waals surface area contributed by atoms with Crippen LogP contribution in [-0.4, -0.2) is 13.2 Å². The van der Waals surface area contributed by atoms with Crippen LogP contribution in [-0.2, 0) is 0 Å². The van der Waals surface area contributed by atoms with Crippen LogP contribution in [0.4, 0.5) is 10.1 Å². The monoisotopic (exact) mass is 387 g/mol. The van der Waals surface area contributed by atoms with E-state index in [2.05, 4.69) is 37.2 Å². The molecule has 0 saturated heterocycles. The number of nitrogens with one attached hydrogen (secondary N) is 1. The van der Waals surface area contributed by atoms with Crippen molar-refractivity contribution in [1.29, 1.82) is 0 Å². The molecule has 0 aliphatic heterocycles. The van der Waals surface area contributed by atoms with Crippen LogP contribution in [0.1, 0.15) is 0 Å². The van der Waals surface area contributed by atoms with E-state index in [9.17, 15) is 4.39 Å². The lowest BCUT2D eigenvalue weighted by Gasteiger charge is -2.09. The summed E-state index contributed by atoms with van der Waals surface area (Å²) in [7, 11) is 0. The maximum atomic E-state index is 13.0. The normalized spacial score (nSPS) is 10.3. The molecule has 0 amide bonds. The Bertz CT molecular complexity index is 563. The zero-order chi connectivity index (χ0) is 13.7. The molecule has 0 aliphatic carbocycles. The summed E-state index contributed by atoms with van der Waals surface area (Å²) in [5, 5.41) is 3.16. The summed E-state index contributed by atoms with van der Waals surface area (Å²) >= 11 is 6.53. The molecule has 0 unspecified atom stereocenters. The predicted octanol–water partition coefficient (Wildman–Crippen LogP) is 4.84. The van der Waals surface area contributed by atoms with E-state index in [1.165, 1.54) is 6.07 Å². The highest BCUT2D eigenvalue weighted by atomic mass is 79.9. The zero-order valence-electron chi connectivity index (χ0n) is 10.00. The summed E-state index contributed by atoms with van der Waals surface area (Å²) in [5.41, 5.74) is 0.853. The lowest BCUT2D eigenvalue weighted by atomic mass is 10.3. The molecule has 0 heterocycles. The van der Waals surface area contributed by atoms with E-state index in [1.807, 2.05) is 24.3 Å². The van der Waals surface area contributed by atoms with Crippen LogP contribution in [0.25, 0.3) is 0 Å². The predicted molar refractivity (Wildman–Crippen MR) is 82.2 cm³/mol. The van der Waals surface area contributed by atoms with Crippen LogP contribution in [0.2, 0.25) is 0 Å². The van der Waals surface area contributed by atoms with Gasteiger partial charge in [-0.25, -0.2) is 4.39 Å². The van der Waals surface area contributed by atoms with Crippen molar-refractivity contribution in [3.8, 4) is 5.75 Å². The number of hydrogen-bond donors (Lipinski definition) is 1. The molecule has 100 valence electrons. The van der Waals surface area contributed by atoms with Gasteiger partial charge in [-0.05, 0) is 52.3 Å². The molecule has 0 atom stereocenters. The molecule has 1 N–H and O–H groups in total. The summed E-state index contributed by atoms with van der Waals surface area (Å²) in [5.74, 6) is 0.549. The second-order valence-electron chi connectivity index (χ2n) is 3.86. The summed E-state index contributed by atoms with van der Waals surface area (Å²) < 4.78 is 20.1. The van der Waals surface area contributed by atoms with Crippen molar-refractivity contribution in [1.82, 2.24) is 0 Å². The van der Waals surface area contributed by atoms with Crippen molar-refractivity contribution >= 4 is 37.5 Å². The quantitative estimate of drug-likeness (QED) is 0.740. The highest BCUT2D eigenvalue weighted by molar-refractivity contribution is 9.10. The average molecular weight is 389 g/mol. The van der Waals surface area contributed by atoms with Crippen molar-refractivity contribution in [2.45, 2.75) is 0 Å². The number of rotatable bonds is 5. The molecule has 0 fully saturated rings. The highest BCUT2D eigenvalue weighted by Crippen LogP contribution is 2.20. The molecule has 19 heavy (non-hydrogen) atoms. The van der Waals surface area contributed by atoms with Crippen LogP contribution in [0.15, 0.2) is 51.4 Å². The summed E-state index contributed by atoms with van der Waals surface area (Å²) in [6, 6.07) is 12.5. The Morgan fingerprint density at radius 2 is 1.95 bits per heavy atom. The minimum atomic E-state index is -0.268. The fourth-order valence-electron chi connectivity index (χ4n) is 1.53. The first-order valence-electron chi connectivity index (χ1n) is 5.72. The van der Waals surface area contributed by atoms with Gasteiger partial charge in [0, 0.05) is 16.7 Å². The molecule has 2 aromatic rings. The fourth-order valence-corrected chi connectivity index (χ4v) is 2.28. The third kappa shape index (κ3) is 4.51. The van der Waals surface area contributed by atoms with E-state index in [-0.39, 0.29) is 5.82 Å². The lowest BCUT2D eigenvalue weighted by Crippen LogP contribution is -2.11. The second-order valence-corrected chi connectivity index (χ2v) is 5.63. The third-order valence-electron chi connectivity index (χ3n) is 2.42. The summed E-state index contributed by atoms with van der Waals surface area (Å²) in [4.78, 5) is 0. The van der Waals surface area contributed by atoms with E-state index in [1.54, 1.807) is 12.1 Å². The molecule has 0 bridgehead atoms. The van der Waals surface area contributed by atoms with Gasteiger partial charge in [0.25, 0.3) is 0 Å². The van der Waals surface area contributed by atoms with E-state index in [0.717, 1.165) is 15.9 Å². The topological polar surface area (TPSA) is 21.3 Å². The number of ether oxygens (including phenoxy) is 1. The van der Waals surface area contributed by atoms with Crippen molar-refractivity contribution in [2.24, 2.45) is 0 Å². The zero-order valence-corrected chi connectivity index (χ0v) is 13.2. The van der Waals surface area contributed by atoms with Crippen LogP contribution < -0.4 is 10.1 Å². The lowest BCUT2D eigenvalue weighted by molar-refractivity contribution is 0.332. The third-order valence-corrected chi connectivity index (χ3v) is 3.52. The Labute approximate surface area is 128 Å². The minimum Gasteiger partial charge on any atom is -0.492 e. The maximum Gasteiger partial charge on any atom is 0.137 e. The molecule has 2 rings (SSSR count). The minimum absolute atomic E-state index is 0.268. The van der Waals surface area contributed by atoms with Gasteiger partial charge in [0.1, 0.15) is 18.2 Å². The molecule has 2 aromatic carbocycles. The Hall–Kier alpha value is -1.07.